The third kappa shape index (κ3) is 2.89. The van der Waals surface area contributed by atoms with Gasteiger partial charge in [0, 0.05) is 11.3 Å². The molecule has 0 N–H and O–H groups in total. The van der Waals surface area contributed by atoms with Crippen LogP contribution in [0.15, 0.2) is 60.7 Å². The molecule has 2 aromatic carbocycles. The first kappa shape index (κ1) is 12.9. The molecule has 0 aliphatic rings. The van der Waals surface area contributed by atoms with E-state index in [0.717, 1.165) is 27.7 Å². The highest BCUT2D eigenvalue weighted by Gasteiger charge is 1.95. The van der Waals surface area contributed by atoms with Gasteiger partial charge < -0.3 is 0 Å². The van der Waals surface area contributed by atoms with Gasteiger partial charge in [-0.1, -0.05) is 54.6 Å². The predicted molar refractivity (Wildman–Crippen MR) is 86.7 cm³/mol. The van der Waals surface area contributed by atoms with Crippen molar-refractivity contribution in [3.63, 3.8) is 0 Å². The second kappa shape index (κ2) is 5.89. The summed E-state index contributed by atoms with van der Waals surface area (Å²) in [5, 5.41) is 1.16. The highest BCUT2D eigenvalue weighted by atomic mass is 35.5. The zero-order valence-corrected chi connectivity index (χ0v) is 11.7. The average Bonchev–Trinajstić information content (AvgIpc) is 2.53. The number of benzene rings is 2. The standard InChI is InChI=1S/C18H14ClN/c19-13-15-5-3-4-14(12-15)8-10-17-11-9-16-6-1-2-7-18(16)20-17/h1-12H,13H2/b10-8+. The number of fused-ring (bicyclic) bond motifs is 1. The maximum atomic E-state index is 5.84. The molecule has 0 radical (unpaired) electrons. The van der Waals surface area contributed by atoms with Crippen LogP contribution in [-0.2, 0) is 5.88 Å². The van der Waals surface area contributed by atoms with E-state index in [2.05, 4.69) is 35.3 Å². The highest BCUT2D eigenvalue weighted by Crippen LogP contribution is 2.14. The van der Waals surface area contributed by atoms with Crippen LogP contribution >= 0.6 is 11.6 Å². The molecular weight excluding hydrogens is 266 g/mol. The van der Waals surface area contributed by atoms with Gasteiger partial charge >= 0.3 is 0 Å². The summed E-state index contributed by atoms with van der Waals surface area (Å²) in [5.41, 5.74) is 4.24. The maximum absolute atomic E-state index is 5.84. The normalized spacial score (nSPS) is 11.2. The number of rotatable bonds is 3. The molecule has 20 heavy (non-hydrogen) atoms. The molecule has 1 heterocycles. The van der Waals surface area contributed by atoms with Gasteiger partial charge in [0.1, 0.15) is 0 Å². The minimum Gasteiger partial charge on any atom is -0.248 e. The van der Waals surface area contributed by atoms with Crippen molar-refractivity contribution in [3.05, 3.63) is 77.5 Å². The SMILES string of the molecule is ClCc1cccc(/C=C/c2ccc3ccccc3n2)c1. The second-order valence-corrected chi connectivity index (χ2v) is 4.91. The molecule has 0 saturated heterocycles. The Bertz CT molecular complexity index is 762. The zero-order chi connectivity index (χ0) is 13.8. The first-order chi connectivity index (χ1) is 9.85. The van der Waals surface area contributed by atoms with Gasteiger partial charge in [0.25, 0.3) is 0 Å². The van der Waals surface area contributed by atoms with Crippen molar-refractivity contribution in [3.8, 4) is 0 Å². The number of nitrogens with zero attached hydrogens (tertiary/aromatic N) is 1. The number of para-hydroxylation sites is 1. The molecule has 0 fully saturated rings. The molecule has 0 unspecified atom stereocenters. The van der Waals surface area contributed by atoms with Gasteiger partial charge in [-0.25, -0.2) is 4.98 Å². The molecule has 2 heteroatoms. The summed E-state index contributed by atoms with van der Waals surface area (Å²) in [7, 11) is 0. The number of aromatic nitrogens is 1. The lowest BCUT2D eigenvalue weighted by Crippen LogP contribution is -1.83. The fourth-order valence-electron chi connectivity index (χ4n) is 2.14. The molecule has 98 valence electrons. The predicted octanol–water partition coefficient (Wildman–Crippen LogP) is 5.14. The van der Waals surface area contributed by atoms with Crippen molar-refractivity contribution in [2.75, 3.05) is 0 Å². The van der Waals surface area contributed by atoms with Gasteiger partial charge in [-0.15, -0.1) is 11.6 Å². The Hall–Kier alpha value is -2.12. The summed E-state index contributed by atoms with van der Waals surface area (Å²) in [6.07, 6.45) is 4.09. The lowest BCUT2D eigenvalue weighted by atomic mass is 10.1. The summed E-state index contributed by atoms with van der Waals surface area (Å²) in [6, 6.07) is 20.5. The lowest BCUT2D eigenvalue weighted by molar-refractivity contribution is 1.37. The third-order valence-electron chi connectivity index (χ3n) is 3.17. The number of halogens is 1. The van der Waals surface area contributed by atoms with E-state index in [-0.39, 0.29) is 0 Å². The monoisotopic (exact) mass is 279 g/mol. The van der Waals surface area contributed by atoms with Crippen LogP contribution in [0.5, 0.6) is 0 Å². The second-order valence-electron chi connectivity index (χ2n) is 4.64. The van der Waals surface area contributed by atoms with E-state index in [0.29, 0.717) is 5.88 Å². The molecule has 0 saturated carbocycles. The largest absolute Gasteiger partial charge is 0.248 e. The van der Waals surface area contributed by atoms with E-state index in [4.69, 9.17) is 11.6 Å². The van der Waals surface area contributed by atoms with Crippen molar-refractivity contribution in [2.24, 2.45) is 0 Å². The average molecular weight is 280 g/mol. The number of hydrogen-bond donors (Lipinski definition) is 0. The molecule has 3 aromatic rings. The van der Waals surface area contributed by atoms with Crippen LogP contribution in [0.3, 0.4) is 0 Å². The van der Waals surface area contributed by atoms with Gasteiger partial charge in [0.05, 0.1) is 11.2 Å². The van der Waals surface area contributed by atoms with Crippen LogP contribution in [0.4, 0.5) is 0 Å². The first-order valence-corrected chi connectivity index (χ1v) is 7.07. The summed E-state index contributed by atoms with van der Waals surface area (Å²) >= 11 is 5.84. The van der Waals surface area contributed by atoms with Crippen molar-refractivity contribution in [1.82, 2.24) is 4.98 Å². The van der Waals surface area contributed by atoms with E-state index in [1.807, 2.05) is 42.5 Å². The number of alkyl halides is 1. The van der Waals surface area contributed by atoms with Crippen molar-refractivity contribution >= 4 is 34.7 Å². The topological polar surface area (TPSA) is 12.9 Å². The van der Waals surface area contributed by atoms with Gasteiger partial charge in [-0.3, -0.25) is 0 Å². The van der Waals surface area contributed by atoms with Crippen LogP contribution in [0.1, 0.15) is 16.8 Å². The van der Waals surface area contributed by atoms with Gasteiger partial charge in [0.2, 0.25) is 0 Å². The number of hydrogen-bond acceptors (Lipinski definition) is 1. The Balaban J connectivity index is 1.89. The van der Waals surface area contributed by atoms with Crippen molar-refractivity contribution in [1.29, 1.82) is 0 Å². The Morgan fingerprint density at radius 3 is 2.70 bits per heavy atom. The van der Waals surface area contributed by atoms with Crippen molar-refractivity contribution < 1.29 is 0 Å². The summed E-state index contributed by atoms with van der Waals surface area (Å²) < 4.78 is 0. The first-order valence-electron chi connectivity index (χ1n) is 6.54. The van der Waals surface area contributed by atoms with Gasteiger partial charge in [0.15, 0.2) is 0 Å². The Labute approximate surface area is 123 Å². The maximum Gasteiger partial charge on any atom is 0.0709 e. The molecule has 0 aliphatic carbocycles. The van der Waals surface area contributed by atoms with Crippen LogP contribution in [0, 0.1) is 0 Å². The van der Waals surface area contributed by atoms with E-state index in [1.165, 1.54) is 0 Å². The molecule has 0 amide bonds. The molecule has 1 aromatic heterocycles. The Morgan fingerprint density at radius 1 is 0.900 bits per heavy atom. The van der Waals surface area contributed by atoms with Crippen LogP contribution < -0.4 is 0 Å². The van der Waals surface area contributed by atoms with Gasteiger partial charge in [-0.05, 0) is 29.3 Å². The minimum atomic E-state index is 0.538. The molecule has 1 nitrogen and oxygen atoms in total. The molecule has 0 aliphatic heterocycles. The summed E-state index contributed by atoms with van der Waals surface area (Å²) in [6.45, 7) is 0. The molecular formula is C18H14ClN. The summed E-state index contributed by atoms with van der Waals surface area (Å²) in [4.78, 5) is 4.62. The van der Waals surface area contributed by atoms with Crippen LogP contribution in [-0.4, -0.2) is 4.98 Å². The van der Waals surface area contributed by atoms with E-state index in [1.54, 1.807) is 0 Å². The quantitative estimate of drug-likeness (QED) is 0.605. The highest BCUT2D eigenvalue weighted by molar-refractivity contribution is 6.17. The summed E-state index contributed by atoms with van der Waals surface area (Å²) in [5.74, 6) is 0.538. The minimum absolute atomic E-state index is 0.538. The fraction of sp³-hybridized carbons (Fsp3) is 0.0556. The number of pyridine rings is 1. The van der Waals surface area contributed by atoms with E-state index < -0.39 is 0 Å². The Morgan fingerprint density at radius 2 is 1.80 bits per heavy atom. The molecule has 0 spiro atoms. The smallest absolute Gasteiger partial charge is 0.0709 e. The van der Waals surface area contributed by atoms with Gasteiger partial charge in [-0.2, -0.15) is 0 Å². The molecule has 3 rings (SSSR count). The zero-order valence-electron chi connectivity index (χ0n) is 11.0. The third-order valence-corrected chi connectivity index (χ3v) is 3.48. The van der Waals surface area contributed by atoms with Crippen LogP contribution in [0.25, 0.3) is 23.1 Å². The van der Waals surface area contributed by atoms with Crippen LogP contribution in [0.2, 0.25) is 0 Å². The Kier molecular flexibility index (Phi) is 3.80. The molecule has 0 bridgehead atoms. The molecule has 0 atom stereocenters. The van der Waals surface area contributed by atoms with E-state index in [9.17, 15) is 0 Å². The van der Waals surface area contributed by atoms with Crippen molar-refractivity contribution in [2.45, 2.75) is 5.88 Å². The fourth-order valence-corrected chi connectivity index (χ4v) is 2.30. The van der Waals surface area contributed by atoms with E-state index >= 15 is 0 Å². The lowest BCUT2D eigenvalue weighted by Gasteiger charge is -1.99.